The molecule has 1 saturated carbocycles. The Balaban J connectivity index is 1.87. The lowest BCUT2D eigenvalue weighted by Gasteiger charge is -2.40. The van der Waals surface area contributed by atoms with Crippen LogP contribution < -0.4 is 10.6 Å². The van der Waals surface area contributed by atoms with Crippen molar-refractivity contribution >= 4 is 5.91 Å². The van der Waals surface area contributed by atoms with E-state index in [0.717, 1.165) is 18.9 Å². The van der Waals surface area contributed by atoms with Gasteiger partial charge in [-0.25, -0.2) is 0 Å². The Morgan fingerprint density at radius 2 is 1.90 bits per heavy atom. The standard InChI is InChI=1S/C17H33N3O/c1-12(2)16(11-20(3)4)19-17(21)15-10-9-13-7-5-6-8-14(13)18-15/h12-16,18H,5-11H2,1-4H3,(H,19,21). The Morgan fingerprint density at radius 3 is 2.57 bits per heavy atom. The largest absolute Gasteiger partial charge is 0.350 e. The summed E-state index contributed by atoms with van der Waals surface area (Å²) in [5.74, 6) is 1.48. The van der Waals surface area contributed by atoms with E-state index < -0.39 is 0 Å². The molecule has 4 heteroatoms. The van der Waals surface area contributed by atoms with Crippen LogP contribution in [0.5, 0.6) is 0 Å². The van der Waals surface area contributed by atoms with E-state index >= 15 is 0 Å². The first kappa shape index (κ1) is 16.8. The van der Waals surface area contributed by atoms with Crippen molar-refractivity contribution in [2.24, 2.45) is 11.8 Å². The molecular weight excluding hydrogens is 262 g/mol. The summed E-state index contributed by atoms with van der Waals surface area (Å²) in [6.07, 6.45) is 7.51. The lowest BCUT2D eigenvalue weighted by Crippen LogP contribution is -2.57. The molecule has 0 radical (unpaired) electrons. The summed E-state index contributed by atoms with van der Waals surface area (Å²) in [5.41, 5.74) is 0. The molecule has 1 aliphatic carbocycles. The molecule has 1 saturated heterocycles. The third-order valence-electron chi connectivity index (χ3n) is 5.16. The third-order valence-corrected chi connectivity index (χ3v) is 5.16. The predicted octanol–water partition coefficient (Wildman–Crippen LogP) is 2.00. The number of likely N-dealkylation sites (N-methyl/N-ethyl adjacent to an activating group) is 1. The van der Waals surface area contributed by atoms with Crippen molar-refractivity contribution in [2.75, 3.05) is 20.6 Å². The van der Waals surface area contributed by atoms with Gasteiger partial charge in [0, 0.05) is 18.6 Å². The quantitative estimate of drug-likeness (QED) is 0.815. The van der Waals surface area contributed by atoms with Crippen LogP contribution in [0.4, 0.5) is 0 Å². The Bertz CT molecular complexity index is 343. The average Bonchev–Trinajstić information content (AvgIpc) is 2.45. The summed E-state index contributed by atoms with van der Waals surface area (Å²) in [7, 11) is 4.13. The van der Waals surface area contributed by atoms with Crippen LogP contribution >= 0.6 is 0 Å². The maximum atomic E-state index is 12.6. The van der Waals surface area contributed by atoms with Crippen molar-refractivity contribution in [2.45, 2.75) is 70.5 Å². The molecule has 4 atom stereocenters. The van der Waals surface area contributed by atoms with E-state index in [0.29, 0.717) is 12.0 Å². The van der Waals surface area contributed by atoms with Crippen LogP contribution in [0, 0.1) is 11.8 Å². The fourth-order valence-corrected chi connectivity index (χ4v) is 3.80. The van der Waals surface area contributed by atoms with Crippen LogP contribution in [0.1, 0.15) is 52.4 Å². The molecule has 1 heterocycles. The van der Waals surface area contributed by atoms with Crippen molar-refractivity contribution in [3.05, 3.63) is 0 Å². The molecule has 4 unspecified atom stereocenters. The summed E-state index contributed by atoms with van der Waals surface area (Å²) >= 11 is 0. The summed E-state index contributed by atoms with van der Waals surface area (Å²) in [6, 6.07) is 0.834. The monoisotopic (exact) mass is 295 g/mol. The number of nitrogens with one attached hydrogen (secondary N) is 2. The van der Waals surface area contributed by atoms with Crippen LogP contribution in [0.3, 0.4) is 0 Å². The van der Waals surface area contributed by atoms with Crippen LogP contribution in [0.25, 0.3) is 0 Å². The molecule has 122 valence electrons. The van der Waals surface area contributed by atoms with E-state index in [4.69, 9.17) is 0 Å². The van der Waals surface area contributed by atoms with Gasteiger partial charge in [0.25, 0.3) is 0 Å². The highest BCUT2D eigenvalue weighted by Gasteiger charge is 2.35. The molecule has 4 nitrogen and oxygen atoms in total. The number of nitrogens with zero attached hydrogens (tertiary/aromatic N) is 1. The van der Waals surface area contributed by atoms with E-state index in [1.165, 1.54) is 32.1 Å². The fraction of sp³-hybridized carbons (Fsp3) is 0.941. The number of amides is 1. The maximum absolute atomic E-state index is 12.6. The molecule has 0 bridgehead atoms. The lowest BCUT2D eigenvalue weighted by atomic mass is 9.77. The van der Waals surface area contributed by atoms with Gasteiger partial charge in [0.1, 0.15) is 0 Å². The SMILES string of the molecule is CC(C)C(CN(C)C)NC(=O)C1CCC2CCCCC2N1. The first-order valence-electron chi connectivity index (χ1n) is 8.68. The molecule has 2 aliphatic rings. The molecule has 2 N–H and O–H groups in total. The minimum absolute atomic E-state index is 0.0211. The van der Waals surface area contributed by atoms with E-state index in [9.17, 15) is 4.79 Å². The zero-order valence-electron chi connectivity index (χ0n) is 14.2. The highest BCUT2D eigenvalue weighted by molar-refractivity contribution is 5.82. The second-order valence-corrected chi connectivity index (χ2v) is 7.57. The molecule has 0 aromatic rings. The summed E-state index contributed by atoms with van der Waals surface area (Å²) in [5, 5.41) is 6.90. The number of piperidine rings is 1. The van der Waals surface area contributed by atoms with Gasteiger partial charge >= 0.3 is 0 Å². The van der Waals surface area contributed by atoms with Gasteiger partial charge < -0.3 is 15.5 Å². The zero-order chi connectivity index (χ0) is 15.4. The highest BCUT2D eigenvalue weighted by atomic mass is 16.2. The zero-order valence-corrected chi connectivity index (χ0v) is 14.2. The molecule has 21 heavy (non-hydrogen) atoms. The maximum Gasteiger partial charge on any atom is 0.237 e. The molecule has 2 rings (SSSR count). The minimum atomic E-state index is 0.0211. The number of fused-ring (bicyclic) bond motifs is 1. The second kappa shape index (κ2) is 7.59. The Morgan fingerprint density at radius 1 is 1.19 bits per heavy atom. The highest BCUT2D eigenvalue weighted by Crippen LogP contribution is 2.32. The predicted molar refractivity (Wildman–Crippen MR) is 87.2 cm³/mol. The Hall–Kier alpha value is -0.610. The summed E-state index contributed by atoms with van der Waals surface area (Å²) in [6.45, 7) is 5.27. The van der Waals surface area contributed by atoms with Crippen molar-refractivity contribution in [1.29, 1.82) is 0 Å². The van der Waals surface area contributed by atoms with Gasteiger partial charge in [0.05, 0.1) is 6.04 Å². The van der Waals surface area contributed by atoms with Crippen molar-refractivity contribution in [1.82, 2.24) is 15.5 Å². The van der Waals surface area contributed by atoms with E-state index in [2.05, 4.69) is 43.5 Å². The molecule has 1 amide bonds. The van der Waals surface area contributed by atoms with Crippen molar-refractivity contribution in [3.63, 3.8) is 0 Å². The Kier molecular flexibility index (Phi) is 6.06. The second-order valence-electron chi connectivity index (χ2n) is 7.57. The smallest absolute Gasteiger partial charge is 0.237 e. The molecule has 1 aliphatic heterocycles. The lowest BCUT2D eigenvalue weighted by molar-refractivity contribution is -0.125. The van der Waals surface area contributed by atoms with Crippen LogP contribution in [-0.2, 0) is 4.79 Å². The fourth-order valence-electron chi connectivity index (χ4n) is 3.80. The average molecular weight is 295 g/mol. The molecule has 2 fully saturated rings. The van der Waals surface area contributed by atoms with Crippen LogP contribution in [0.15, 0.2) is 0 Å². The van der Waals surface area contributed by atoms with Gasteiger partial charge in [-0.15, -0.1) is 0 Å². The minimum Gasteiger partial charge on any atom is -0.350 e. The summed E-state index contributed by atoms with van der Waals surface area (Å²) in [4.78, 5) is 14.7. The van der Waals surface area contributed by atoms with Crippen LogP contribution in [0.2, 0.25) is 0 Å². The van der Waals surface area contributed by atoms with Crippen LogP contribution in [-0.4, -0.2) is 49.6 Å². The molecule has 0 spiro atoms. The third kappa shape index (κ3) is 4.68. The van der Waals surface area contributed by atoms with E-state index in [1.54, 1.807) is 0 Å². The number of rotatable bonds is 5. The van der Waals surface area contributed by atoms with Gasteiger partial charge in [0.2, 0.25) is 5.91 Å². The normalized spacial score (nSPS) is 31.0. The van der Waals surface area contributed by atoms with Gasteiger partial charge in [0.15, 0.2) is 0 Å². The molecule has 0 aromatic heterocycles. The molecule has 0 aromatic carbocycles. The molecular formula is C17H33N3O. The van der Waals surface area contributed by atoms with Gasteiger partial charge in [-0.3, -0.25) is 4.79 Å². The Labute approximate surface area is 130 Å². The van der Waals surface area contributed by atoms with Gasteiger partial charge in [-0.2, -0.15) is 0 Å². The first-order chi connectivity index (χ1) is 9.97. The number of hydrogen-bond donors (Lipinski definition) is 2. The van der Waals surface area contributed by atoms with Gasteiger partial charge in [-0.1, -0.05) is 26.7 Å². The first-order valence-corrected chi connectivity index (χ1v) is 8.68. The topological polar surface area (TPSA) is 44.4 Å². The number of carbonyl (C=O) groups is 1. The van der Waals surface area contributed by atoms with E-state index in [-0.39, 0.29) is 18.0 Å². The van der Waals surface area contributed by atoms with Gasteiger partial charge in [-0.05, 0) is 51.6 Å². The number of carbonyl (C=O) groups excluding carboxylic acids is 1. The number of hydrogen-bond acceptors (Lipinski definition) is 3. The summed E-state index contributed by atoms with van der Waals surface area (Å²) < 4.78 is 0. The van der Waals surface area contributed by atoms with E-state index in [1.807, 2.05) is 0 Å². The van der Waals surface area contributed by atoms with Crippen molar-refractivity contribution < 1.29 is 4.79 Å². The van der Waals surface area contributed by atoms with Crippen molar-refractivity contribution in [3.8, 4) is 0 Å².